The summed E-state index contributed by atoms with van der Waals surface area (Å²) in [4.78, 5) is 45.6. The fraction of sp³-hybridized carbons (Fsp3) is 0.222. The topological polar surface area (TPSA) is 126 Å². The zero-order valence-corrected chi connectivity index (χ0v) is 26.1. The Labute approximate surface area is 267 Å². The number of methoxy groups -OCH3 is 1. The molecule has 236 valence electrons. The molecule has 0 saturated carbocycles. The van der Waals surface area contributed by atoms with Gasteiger partial charge >= 0.3 is 11.7 Å². The van der Waals surface area contributed by atoms with E-state index in [1.165, 1.54) is 0 Å². The Morgan fingerprint density at radius 1 is 0.848 bits per heavy atom. The first-order valence-corrected chi connectivity index (χ1v) is 15.0. The molecular formula is C36H37N5O5. The van der Waals surface area contributed by atoms with E-state index in [0.717, 1.165) is 22.3 Å². The summed E-state index contributed by atoms with van der Waals surface area (Å²) in [5, 5.41) is 9.07. The number of carbonyl (C=O) groups excluding carboxylic acids is 2. The van der Waals surface area contributed by atoms with Crippen LogP contribution in [0.3, 0.4) is 0 Å². The molecule has 0 unspecified atom stereocenters. The number of ether oxygens (including phenoxy) is 1. The number of aryl methyl sites for hydroxylation is 1. The molecule has 3 N–H and O–H groups in total. The molecule has 0 aliphatic rings. The summed E-state index contributed by atoms with van der Waals surface area (Å²) < 4.78 is 10.9. The van der Waals surface area contributed by atoms with Crippen LogP contribution in [-0.4, -0.2) is 42.0 Å². The highest BCUT2D eigenvalue weighted by Gasteiger charge is 2.25. The summed E-state index contributed by atoms with van der Waals surface area (Å²) in [7, 11) is 3.34. The lowest BCUT2D eigenvalue weighted by atomic mass is 10.0. The third-order valence-electron chi connectivity index (χ3n) is 7.74. The number of fused-ring (bicyclic) bond motifs is 1. The molecule has 4 aromatic carbocycles. The molecule has 5 rings (SSSR count). The van der Waals surface area contributed by atoms with Crippen molar-refractivity contribution in [3.63, 3.8) is 0 Å². The van der Waals surface area contributed by atoms with Crippen molar-refractivity contribution >= 4 is 28.9 Å². The molecule has 0 bridgehead atoms. The van der Waals surface area contributed by atoms with Gasteiger partial charge in [-0.05, 0) is 52.9 Å². The Morgan fingerprint density at radius 2 is 1.50 bits per heavy atom. The van der Waals surface area contributed by atoms with Crippen molar-refractivity contribution in [3.05, 3.63) is 135 Å². The average Bonchev–Trinajstić information content (AvgIpc) is 3.07. The van der Waals surface area contributed by atoms with Crippen molar-refractivity contribution in [2.24, 2.45) is 0 Å². The Bertz CT molecular complexity index is 1840. The van der Waals surface area contributed by atoms with Gasteiger partial charge in [0, 0.05) is 33.1 Å². The van der Waals surface area contributed by atoms with Gasteiger partial charge in [0.1, 0.15) is 11.8 Å². The fourth-order valence-electron chi connectivity index (χ4n) is 5.18. The molecule has 10 nitrogen and oxygen atoms in total. The molecule has 0 radical (unpaired) electrons. The highest BCUT2D eigenvalue weighted by atomic mass is 16.5. The van der Waals surface area contributed by atoms with Crippen LogP contribution >= 0.6 is 0 Å². The zero-order chi connectivity index (χ0) is 32.5. The van der Waals surface area contributed by atoms with Crippen molar-refractivity contribution < 1.29 is 18.7 Å². The first-order chi connectivity index (χ1) is 22.3. The van der Waals surface area contributed by atoms with Crippen LogP contribution in [0.5, 0.6) is 5.75 Å². The summed E-state index contributed by atoms with van der Waals surface area (Å²) in [6.07, 6.45) is 0.321. The van der Waals surface area contributed by atoms with Crippen LogP contribution in [0.15, 0.2) is 106 Å². The summed E-state index contributed by atoms with van der Waals surface area (Å²) in [5.41, 5.74) is 4.11. The fourth-order valence-corrected chi connectivity index (χ4v) is 5.18. The molecule has 0 saturated heterocycles. The minimum Gasteiger partial charge on any atom is -0.497 e. The van der Waals surface area contributed by atoms with Gasteiger partial charge in [0.05, 0.1) is 18.0 Å². The predicted molar refractivity (Wildman–Crippen MR) is 178 cm³/mol. The van der Waals surface area contributed by atoms with Crippen LogP contribution in [0.4, 0.5) is 10.8 Å². The zero-order valence-electron chi connectivity index (χ0n) is 26.1. The van der Waals surface area contributed by atoms with E-state index in [0.29, 0.717) is 41.7 Å². The van der Waals surface area contributed by atoms with Gasteiger partial charge < -0.3 is 30.0 Å². The lowest BCUT2D eigenvalue weighted by Crippen LogP contribution is -2.42. The number of aromatic nitrogens is 1. The van der Waals surface area contributed by atoms with Crippen LogP contribution in [0.1, 0.15) is 27.8 Å². The molecule has 1 heterocycles. The van der Waals surface area contributed by atoms with E-state index >= 15 is 0 Å². The van der Waals surface area contributed by atoms with Gasteiger partial charge in [0.2, 0.25) is 5.91 Å². The van der Waals surface area contributed by atoms with Gasteiger partial charge in [0.15, 0.2) is 0 Å². The summed E-state index contributed by atoms with van der Waals surface area (Å²) in [6.45, 7) is 2.82. The molecule has 0 aliphatic heterocycles. The molecule has 3 amide bonds. The highest BCUT2D eigenvalue weighted by Crippen LogP contribution is 2.21. The van der Waals surface area contributed by atoms with Crippen LogP contribution in [0, 0.1) is 6.92 Å². The number of amides is 3. The minimum absolute atomic E-state index is 0.0527. The lowest BCUT2D eigenvalue weighted by Gasteiger charge is -2.25. The minimum atomic E-state index is -0.769. The van der Waals surface area contributed by atoms with E-state index in [1.807, 2.05) is 91.0 Å². The van der Waals surface area contributed by atoms with Crippen LogP contribution in [0.25, 0.3) is 10.9 Å². The van der Waals surface area contributed by atoms with Crippen molar-refractivity contribution in [2.45, 2.75) is 39.0 Å². The van der Waals surface area contributed by atoms with E-state index in [1.54, 1.807) is 32.0 Å². The van der Waals surface area contributed by atoms with Gasteiger partial charge in [-0.1, -0.05) is 78.9 Å². The molecular weight excluding hydrogens is 582 g/mol. The number of nitrogens with one attached hydrogen (secondary N) is 3. The van der Waals surface area contributed by atoms with E-state index < -0.39 is 11.7 Å². The number of benzene rings is 4. The molecule has 46 heavy (non-hydrogen) atoms. The van der Waals surface area contributed by atoms with Gasteiger partial charge in [-0.3, -0.25) is 4.79 Å². The average molecular weight is 620 g/mol. The second kappa shape index (κ2) is 14.9. The molecule has 0 aliphatic carbocycles. The molecule has 5 aromatic rings. The number of carbonyl (C=O) groups is 2. The van der Waals surface area contributed by atoms with E-state index in [-0.39, 0.29) is 24.5 Å². The van der Waals surface area contributed by atoms with Crippen molar-refractivity contribution in [1.29, 1.82) is 0 Å². The van der Waals surface area contributed by atoms with E-state index in [9.17, 15) is 14.4 Å². The SMILES string of the molecule is COc1ccc(C[C@H](Nc2nc3ccc(CNC(=O)NCc4ccccc4)c(C)c3c(=O)o2)C(=O)N(C)Cc2ccccc2)cc1. The van der Waals surface area contributed by atoms with Crippen molar-refractivity contribution in [2.75, 3.05) is 19.5 Å². The normalized spacial score (nSPS) is 11.5. The predicted octanol–water partition coefficient (Wildman–Crippen LogP) is 5.19. The largest absolute Gasteiger partial charge is 0.497 e. The third-order valence-corrected chi connectivity index (χ3v) is 7.74. The van der Waals surface area contributed by atoms with E-state index in [2.05, 4.69) is 20.9 Å². The Balaban J connectivity index is 1.33. The van der Waals surface area contributed by atoms with Gasteiger partial charge in [-0.2, -0.15) is 4.98 Å². The first kappa shape index (κ1) is 31.8. The summed E-state index contributed by atoms with van der Waals surface area (Å²) in [6, 6.07) is 29.2. The Morgan fingerprint density at radius 3 is 2.17 bits per heavy atom. The maximum absolute atomic E-state index is 13.7. The number of anilines is 1. The second-order valence-corrected chi connectivity index (χ2v) is 11.0. The molecule has 0 fully saturated rings. The first-order valence-electron chi connectivity index (χ1n) is 15.0. The monoisotopic (exact) mass is 619 g/mol. The number of urea groups is 1. The molecule has 1 atom stereocenters. The second-order valence-electron chi connectivity index (χ2n) is 11.0. The van der Waals surface area contributed by atoms with Crippen LogP contribution in [-0.2, 0) is 30.8 Å². The maximum atomic E-state index is 13.7. The molecule has 1 aromatic heterocycles. The summed E-state index contributed by atoms with van der Waals surface area (Å²) in [5.74, 6) is 0.521. The smallest absolute Gasteiger partial charge is 0.348 e. The van der Waals surface area contributed by atoms with Crippen molar-refractivity contribution in [3.8, 4) is 5.75 Å². The number of likely N-dealkylation sites (N-methyl/N-ethyl adjacent to an activating group) is 1. The Hall–Kier alpha value is -5.64. The van der Waals surface area contributed by atoms with Crippen LogP contribution in [0.2, 0.25) is 0 Å². The lowest BCUT2D eigenvalue weighted by molar-refractivity contribution is -0.131. The van der Waals surface area contributed by atoms with Gasteiger partial charge in [-0.25, -0.2) is 9.59 Å². The summed E-state index contributed by atoms with van der Waals surface area (Å²) >= 11 is 0. The standard InChI is InChI=1S/C36H37N5O5/c1-24-28(22-38-35(44)37-21-26-10-6-4-7-11-26)16-19-30-32(24)34(43)46-36(39-30)40-31(20-25-14-17-29(45-3)18-15-25)33(42)41(2)23-27-12-8-5-9-13-27/h4-19,31H,20-23H2,1-3H3,(H,39,40)(H2,37,38,44)/t31-/m0/s1. The number of hydrogen-bond acceptors (Lipinski definition) is 7. The third kappa shape index (κ3) is 8.09. The highest BCUT2D eigenvalue weighted by molar-refractivity contribution is 5.86. The number of hydrogen-bond donors (Lipinski definition) is 3. The number of nitrogens with zero attached hydrogens (tertiary/aromatic N) is 2. The molecule has 0 spiro atoms. The van der Waals surface area contributed by atoms with Gasteiger partial charge in [0.25, 0.3) is 6.01 Å². The maximum Gasteiger partial charge on any atom is 0.348 e. The van der Waals surface area contributed by atoms with E-state index in [4.69, 9.17) is 9.15 Å². The quantitative estimate of drug-likeness (QED) is 0.176. The van der Waals surface area contributed by atoms with Gasteiger partial charge in [-0.15, -0.1) is 0 Å². The Kier molecular flexibility index (Phi) is 10.3. The number of rotatable bonds is 12. The molecule has 10 heteroatoms. The van der Waals surface area contributed by atoms with Crippen LogP contribution < -0.4 is 26.3 Å². The van der Waals surface area contributed by atoms with Crippen molar-refractivity contribution in [1.82, 2.24) is 20.5 Å².